The maximum atomic E-state index is 13.3. The number of alkyl halides is 3. The molecular formula is C23H21F3N2O3S. The minimum absolute atomic E-state index is 0.142. The van der Waals surface area contributed by atoms with E-state index in [2.05, 4.69) is 5.32 Å². The van der Waals surface area contributed by atoms with Crippen LogP contribution in [0.25, 0.3) is 0 Å². The average Bonchev–Trinajstić information content (AvgIpc) is 2.74. The van der Waals surface area contributed by atoms with Crippen molar-refractivity contribution >= 4 is 27.3 Å². The van der Waals surface area contributed by atoms with E-state index in [0.29, 0.717) is 16.1 Å². The largest absolute Gasteiger partial charge is 0.416 e. The summed E-state index contributed by atoms with van der Waals surface area (Å²) in [5.74, 6) is -0.685. The van der Waals surface area contributed by atoms with Gasteiger partial charge in [-0.25, -0.2) is 8.42 Å². The Kier molecular flexibility index (Phi) is 6.59. The number of rotatable bonds is 6. The Morgan fingerprint density at radius 2 is 1.62 bits per heavy atom. The number of carbonyl (C=O) groups is 1. The van der Waals surface area contributed by atoms with Gasteiger partial charge < -0.3 is 5.32 Å². The summed E-state index contributed by atoms with van der Waals surface area (Å²) in [4.78, 5) is 12.6. The van der Waals surface area contributed by atoms with Crippen molar-refractivity contribution in [3.8, 4) is 0 Å². The standard InChI is InChI=1S/C23H21F3N2O3S/c1-16-11-12-17(2)21(13-16)27-22(29)15-28(32(30,31)20-9-4-3-5-10-20)19-8-6-7-18(14-19)23(24,25)26/h3-14H,15H2,1-2H3,(H,27,29). The van der Waals surface area contributed by atoms with Gasteiger partial charge in [0.1, 0.15) is 6.54 Å². The Bertz CT molecular complexity index is 1230. The van der Waals surface area contributed by atoms with E-state index in [1.807, 2.05) is 13.0 Å². The molecule has 0 unspecified atom stereocenters. The molecule has 3 rings (SSSR count). The van der Waals surface area contributed by atoms with Crippen molar-refractivity contribution in [2.24, 2.45) is 0 Å². The first kappa shape index (κ1) is 23.3. The minimum Gasteiger partial charge on any atom is -0.324 e. The number of benzene rings is 3. The summed E-state index contributed by atoms with van der Waals surface area (Å²) in [5, 5.41) is 2.65. The van der Waals surface area contributed by atoms with Gasteiger partial charge in [-0.15, -0.1) is 0 Å². The van der Waals surface area contributed by atoms with Crippen molar-refractivity contribution in [3.05, 3.63) is 89.5 Å². The van der Waals surface area contributed by atoms with E-state index in [4.69, 9.17) is 0 Å². The first-order valence-corrected chi connectivity index (χ1v) is 11.0. The van der Waals surface area contributed by atoms with Crippen molar-refractivity contribution in [2.75, 3.05) is 16.2 Å². The van der Waals surface area contributed by atoms with Crippen LogP contribution in [-0.2, 0) is 21.0 Å². The first-order chi connectivity index (χ1) is 15.0. The van der Waals surface area contributed by atoms with Crippen molar-refractivity contribution in [1.82, 2.24) is 0 Å². The van der Waals surface area contributed by atoms with Gasteiger partial charge in [-0.3, -0.25) is 9.10 Å². The number of nitrogens with zero attached hydrogens (tertiary/aromatic N) is 1. The molecule has 1 amide bonds. The molecule has 0 radical (unpaired) electrons. The Morgan fingerprint density at radius 3 is 2.28 bits per heavy atom. The highest BCUT2D eigenvalue weighted by Crippen LogP contribution is 2.33. The third-order valence-electron chi connectivity index (χ3n) is 4.75. The summed E-state index contributed by atoms with van der Waals surface area (Å²) in [7, 11) is -4.32. The normalized spacial score (nSPS) is 11.8. The molecule has 32 heavy (non-hydrogen) atoms. The van der Waals surface area contributed by atoms with E-state index < -0.39 is 34.2 Å². The van der Waals surface area contributed by atoms with Gasteiger partial charge in [-0.1, -0.05) is 36.4 Å². The fraction of sp³-hybridized carbons (Fsp3) is 0.174. The summed E-state index contributed by atoms with van der Waals surface area (Å²) in [6.45, 7) is 2.91. The summed E-state index contributed by atoms with van der Waals surface area (Å²) >= 11 is 0. The van der Waals surface area contributed by atoms with Crippen LogP contribution in [0.1, 0.15) is 16.7 Å². The van der Waals surface area contributed by atoms with Crippen LogP contribution in [0.4, 0.5) is 24.5 Å². The number of hydrogen-bond acceptors (Lipinski definition) is 3. The van der Waals surface area contributed by atoms with Crippen LogP contribution in [0, 0.1) is 13.8 Å². The van der Waals surface area contributed by atoms with Crippen LogP contribution in [0.15, 0.2) is 77.7 Å². The molecule has 0 bridgehead atoms. The molecule has 0 aromatic heterocycles. The topological polar surface area (TPSA) is 66.5 Å². The van der Waals surface area contributed by atoms with Crippen LogP contribution >= 0.6 is 0 Å². The average molecular weight is 462 g/mol. The number of halogens is 3. The fourth-order valence-electron chi connectivity index (χ4n) is 3.06. The molecule has 3 aromatic carbocycles. The molecule has 0 aliphatic carbocycles. The van der Waals surface area contributed by atoms with Crippen LogP contribution < -0.4 is 9.62 Å². The maximum Gasteiger partial charge on any atom is 0.416 e. The molecule has 0 atom stereocenters. The van der Waals surface area contributed by atoms with Crippen LogP contribution in [0.5, 0.6) is 0 Å². The zero-order valence-corrected chi connectivity index (χ0v) is 18.2. The van der Waals surface area contributed by atoms with E-state index in [1.54, 1.807) is 25.1 Å². The lowest BCUT2D eigenvalue weighted by molar-refractivity contribution is -0.137. The van der Waals surface area contributed by atoms with Crippen molar-refractivity contribution in [3.63, 3.8) is 0 Å². The Labute approximate surface area is 184 Å². The molecular weight excluding hydrogens is 441 g/mol. The number of nitrogens with one attached hydrogen (secondary N) is 1. The molecule has 1 N–H and O–H groups in total. The van der Waals surface area contributed by atoms with Gasteiger partial charge in [0.15, 0.2) is 0 Å². The zero-order valence-electron chi connectivity index (χ0n) is 17.3. The van der Waals surface area contributed by atoms with Crippen molar-refractivity contribution in [2.45, 2.75) is 24.9 Å². The van der Waals surface area contributed by atoms with Crippen LogP contribution in [-0.4, -0.2) is 20.9 Å². The Balaban J connectivity index is 2.01. The fourth-order valence-corrected chi connectivity index (χ4v) is 4.50. The molecule has 0 aliphatic heterocycles. The van der Waals surface area contributed by atoms with Gasteiger partial charge in [0.2, 0.25) is 5.91 Å². The molecule has 0 aliphatic rings. The third-order valence-corrected chi connectivity index (χ3v) is 6.54. The number of aryl methyl sites for hydroxylation is 2. The smallest absolute Gasteiger partial charge is 0.324 e. The van der Waals surface area contributed by atoms with E-state index in [9.17, 15) is 26.4 Å². The molecule has 9 heteroatoms. The quantitative estimate of drug-likeness (QED) is 0.551. The lowest BCUT2D eigenvalue weighted by Crippen LogP contribution is -2.38. The second-order valence-electron chi connectivity index (χ2n) is 7.24. The predicted octanol–water partition coefficient (Wildman–Crippen LogP) is 5.16. The summed E-state index contributed by atoms with van der Waals surface area (Å²) in [6.07, 6.45) is -4.67. The van der Waals surface area contributed by atoms with Gasteiger partial charge in [-0.2, -0.15) is 13.2 Å². The lowest BCUT2D eigenvalue weighted by atomic mass is 10.1. The Morgan fingerprint density at radius 1 is 0.938 bits per heavy atom. The molecule has 0 saturated heterocycles. The molecule has 168 valence electrons. The maximum absolute atomic E-state index is 13.3. The molecule has 5 nitrogen and oxygen atoms in total. The van der Waals surface area contributed by atoms with Gasteiger partial charge in [0.05, 0.1) is 16.1 Å². The highest BCUT2D eigenvalue weighted by molar-refractivity contribution is 7.92. The van der Waals surface area contributed by atoms with Gasteiger partial charge in [0, 0.05) is 5.69 Å². The first-order valence-electron chi connectivity index (χ1n) is 9.60. The summed E-state index contributed by atoms with van der Waals surface area (Å²) in [6, 6.07) is 16.5. The Hall–Kier alpha value is -3.33. The second-order valence-corrected chi connectivity index (χ2v) is 9.10. The monoisotopic (exact) mass is 462 g/mol. The van der Waals surface area contributed by atoms with E-state index in [1.165, 1.54) is 30.3 Å². The number of sulfonamides is 1. The molecule has 0 heterocycles. The number of hydrogen-bond donors (Lipinski definition) is 1. The van der Waals surface area contributed by atoms with Gasteiger partial charge in [-0.05, 0) is 61.4 Å². The second kappa shape index (κ2) is 9.04. The molecule has 0 saturated carbocycles. The number of anilines is 2. The third kappa shape index (κ3) is 5.28. The van der Waals surface area contributed by atoms with Gasteiger partial charge >= 0.3 is 6.18 Å². The SMILES string of the molecule is Cc1ccc(C)c(NC(=O)CN(c2cccc(C(F)(F)F)c2)S(=O)(=O)c2ccccc2)c1. The molecule has 0 spiro atoms. The van der Waals surface area contributed by atoms with E-state index in [-0.39, 0.29) is 10.6 Å². The van der Waals surface area contributed by atoms with Crippen LogP contribution in [0.2, 0.25) is 0 Å². The van der Waals surface area contributed by atoms with Crippen LogP contribution in [0.3, 0.4) is 0 Å². The van der Waals surface area contributed by atoms with Crippen molar-refractivity contribution in [1.29, 1.82) is 0 Å². The van der Waals surface area contributed by atoms with E-state index in [0.717, 1.165) is 23.3 Å². The number of carbonyl (C=O) groups excluding carboxylic acids is 1. The zero-order chi connectivity index (χ0) is 23.5. The lowest BCUT2D eigenvalue weighted by Gasteiger charge is -2.25. The van der Waals surface area contributed by atoms with Crippen molar-refractivity contribution < 1.29 is 26.4 Å². The predicted molar refractivity (Wildman–Crippen MR) is 117 cm³/mol. The summed E-state index contributed by atoms with van der Waals surface area (Å²) in [5.41, 5.74) is 0.868. The van der Waals surface area contributed by atoms with E-state index >= 15 is 0 Å². The van der Waals surface area contributed by atoms with Gasteiger partial charge in [0.25, 0.3) is 10.0 Å². The molecule has 3 aromatic rings. The summed E-state index contributed by atoms with van der Waals surface area (Å²) < 4.78 is 66.9. The minimum atomic E-state index is -4.67. The highest BCUT2D eigenvalue weighted by atomic mass is 32.2. The highest BCUT2D eigenvalue weighted by Gasteiger charge is 2.33. The molecule has 0 fully saturated rings. The number of amides is 1.